The second kappa shape index (κ2) is 25.3. The number of halogens is 3. The molecule has 3 aliphatic rings. The van der Waals surface area contributed by atoms with E-state index >= 15 is 0 Å². The first kappa shape index (κ1) is 49.1. The zero-order valence-corrected chi connectivity index (χ0v) is 39.9. The van der Waals surface area contributed by atoms with Gasteiger partial charge in [-0.3, -0.25) is 14.8 Å². The molecule has 0 spiro atoms. The zero-order chi connectivity index (χ0) is 45.4. The van der Waals surface area contributed by atoms with E-state index in [-0.39, 0.29) is 18.9 Å². The molecule has 4 unspecified atom stereocenters. The first-order valence-electron chi connectivity index (χ1n) is 22.6. The first-order chi connectivity index (χ1) is 31.7. The zero-order valence-electron chi connectivity index (χ0n) is 36.8. The summed E-state index contributed by atoms with van der Waals surface area (Å²) in [6, 6.07) is 27.2. The summed E-state index contributed by atoms with van der Waals surface area (Å²) in [4.78, 5) is 18.9. The minimum absolute atomic E-state index is 0.0472. The van der Waals surface area contributed by atoms with Crippen LogP contribution in [0.15, 0.2) is 102 Å². The molecule has 0 bridgehead atoms. The Morgan fingerprint density at radius 2 is 1.18 bits per heavy atom. The molecule has 2 aromatic heterocycles. The highest BCUT2D eigenvalue weighted by Gasteiger charge is 2.19. The van der Waals surface area contributed by atoms with Crippen molar-refractivity contribution in [3.8, 4) is 0 Å². The van der Waals surface area contributed by atoms with Gasteiger partial charge in [0.15, 0.2) is 18.9 Å². The smallest absolute Gasteiger partial charge is 0.158 e. The van der Waals surface area contributed by atoms with Crippen LogP contribution in [0.1, 0.15) is 115 Å². The van der Waals surface area contributed by atoms with Crippen LogP contribution >= 0.6 is 39.1 Å². The van der Waals surface area contributed by atoms with Crippen LogP contribution in [0, 0.1) is 0 Å². The molecule has 0 amide bonds. The standard InChI is InChI=1S/C24H26ClNO3.C18H25BrO4.C10H6ClNO/c1-2-17-7-6-16(15-29-23-5-3-4-10-28-23)11-21(17)24(27)18-8-9-22-19(12-18)13-20(25)14-26-22;19-16-11-14(12-22-17-5-1-3-9-20-17)7-8-15(16)13-23-18-6-2-4-10-21-18;11-9-4-8-3-7(6-13)1-2-10(8)12-5-9/h6-9,11-14,23-24,27H,2-5,10,15H2,1H3;7-8,11,17-18H,1-6,9-10,12-13H2;1-6H. The molecular formula is C52H57BrCl2N2O8. The van der Waals surface area contributed by atoms with Crippen molar-refractivity contribution in [2.75, 3.05) is 19.8 Å². The van der Waals surface area contributed by atoms with Gasteiger partial charge >= 0.3 is 0 Å². The third-order valence-electron chi connectivity index (χ3n) is 11.5. The van der Waals surface area contributed by atoms with E-state index in [0.29, 0.717) is 35.4 Å². The number of aryl methyl sites for hydroxylation is 1. The fourth-order valence-corrected chi connectivity index (χ4v) is 8.74. The summed E-state index contributed by atoms with van der Waals surface area (Å²) in [7, 11) is 0. The van der Waals surface area contributed by atoms with Gasteiger partial charge in [-0.15, -0.1) is 0 Å². The van der Waals surface area contributed by atoms with Gasteiger partial charge in [-0.2, -0.15) is 0 Å². The lowest BCUT2D eigenvalue weighted by Gasteiger charge is -2.23. The largest absolute Gasteiger partial charge is 0.384 e. The van der Waals surface area contributed by atoms with E-state index in [2.05, 4.69) is 63.2 Å². The number of aromatic nitrogens is 2. The number of ether oxygens (including phenoxy) is 6. The van der Waals surface area contributed by atoms with Crippen LogP contribution in [0.2, 0.25) is 10.0 Å². The van der Waals surface area contributed by atoms with Crippen molar-refractivity contribution >= 4 is 67.2 Å². The van der Waals surface area contributed by atoms with E-state index in [4.69, 9.17) is 51.6 Å². The van der Waals surface area contributed by atoms with Crippen molar-refractivity contribution in [3.63, 3.8) is 0 Å². The van der Waals surface area contributed by atoms with Crippen LogP contribution in [0.25, 0.3) is 21.8 Å². The lowest BCUT2D eigenvalue weighted by Crippen LogP contribution is -2.22. The van der Waals surface area contributed by atoms with Crippen molar-refractivity contribution < 1.29 is 38.3 Å². The number of rotatable bonds is 13. The number of carbonyl (C=O) groups excluding carboxylic acids is 1. The summed E-state index contributed by atoms with van der Waals surface area (Å²) in [6.07, 6.45) is 13.8. The van der Waals surface area contributed by atoms with E-state index in [0.717, 1.165) is 137 Å². The maximum Gasteiger partial charge on any atom is 0.158 e. The van der Waals surface area contributed by atoms with Gasteiger partial charge in [-0.1, -0.05) is 82.5 Å². The van der Waals surface area contributed by atoms with Gasteiger partial charge in [0.2, 0.25) is 0 Å². The van der Waals surface area contributed by atoms with Gasteiger partial charge in [0.25, 0.3) is 0 Å². The highest BCUT2D eigenvalue weighted by molar-refractivity contribution is 9.10. The average molecular weight is 989 g/mol. The molecule has 10 nitrogen and oxygen atoms in total. The summed E-state index contributed by atoms with van der Waals surface area (Å²) < 4.78 is 35.5. The van der Waals surface area contributed by atoms with Crippen LogP contribution in [0.3, 0.4) is 0 Å². The molecule has 1 N–H and O–H groups in total. The van der Waals surface area contributed by atoms with E-state index in [1.807, 2.05) is 30.3 Å². The van der Waals surface area contributed by atoms with Crippen LogP contribution in [-0.2, 0) is 54.7 Å². The Labute approximate surface area is 400 Å². The molecule has 5 heterocycles. The molecule has 0 saturated carbocycles. The summed E-state index contributed by atoms with van der Waals surface area (Å²) in [5.74, 6) is 0. The van der Waals surface area contributed by atoms with Gasteiger partial charge in [0.05, 0.1) is 40.9 Å². The van der Waals surface area contributed by atoms with Gasteiger partial charge in [-0.05, 0) is 146 Å². The predicted molar refractivity (Wildman–Crippen MR) is 258 cm³/mol. The second-order valence-electron chi connectivity index (χ2n) is 16.4. The van der Waals surface area contributed by atoms with Crippen molar-refractivity contribution in [2.24, 2.45) is 0 Å². The maximum absolute atomic E-state index is 11.2. The van der Waals surface area contributed by atoms with Crippen LogP contribution < -0.4 is 0 Å². The number of benzene rings is 4. The normalized spacial score (nSPS) is 19.1. The molecular weight excluding hydrogens is 931 g/mol. The van der Waals surface area contributed by atoms with E-state index in [9.17, 15) is 9.90 Å². The molecule has 65 heavy (non-hydrogen) atoms. The highest BCUT2D eigenvalue weighted by Crippen LogP contribution is 2.30. The maximum atomic E-state index is 11.2. The molecule has 9 rings (SSSR count). The minimum Gasteiger partial charge on any atom is -0.384 e. The molecule has 3 saturated heterocycles. The number of hydrogen-bond donors (Lipinski definition) is 1. The monoisotopic (exact) mass is 986 g/mol. The fraction of sp³-hybridized carbons (Fsp3) is 0.404. The summed E-state index contributed by atoms with van der Waals surface area (Å²) >= 11 is 15.5. The Balaban J connectivity index is 0.000000156. The third-order valence-corrected chi connectivity index (χ3v) is 12.7. The number of fused-ring (bicyclic) bond motifs is 2. The van der Waals surface area contributed by atoms with Gasteiger partial charge in [0, 0.05) is 53.0 Å². The lowest BCUT2D eigenvalue weighted by molar-refractivity contribution is -0.169. The molecule has 13 heteroatoms. The second-order valence-corrected chi connectivity index (χ2v) is 18.1. The van der Waals surface area contributed by atoms with Gasteiger partial charge in [-0.25, -0.2) is 0 Å². The summed E-state index contributed by atoms with van der Waals surface area (Å²) in [5, 5.41) is 14.1. The number of carbonyl (C=O) groups is 1. The average Bonchev–Trinajstić information content (AvgIpc) is 3.35. The SMILES string of the molecule is Brc1cc(COC2CCCCO2)ccc1COC1CCCCO1.CCc1ccc(COC2CCCCO2)cc1C(O)c1ccc2ncc(Cl)cc2c1.O=Cc1ccc2ncc(Cl)cc2c1. The van der Waals surface area contributed by atoms with Crippen LogP contribution in [0.4, 0.5) is 0 Å². The number of nitrogens with zero attached hydrogens (tertiary/aromatic N) is 2. The van der Waals surface area contributed by atoms with E-state index in [1.54, 1.807) is 36.7 Å². The van der Waals surface area contributed by atoms with Gasteiger partial charge in [0.1, 0.15) is 12.4 Å². The summed E-state index contributed by atoms with van der Waals surface area (Å²) in [5.41, 5.74) is 8.51. The number of pyridine rings is 2. The summed E-state index contributed by atoms with van der Waals surface area (Å²) in [6.45, 7) is 6.12. The number of hydrogen-bond acceptors (Lipinski definition) is 10. The van der Waals surface area contributed by atoms with Gasteiger partial charge < -0.3 is 33.5 Å². The van der Waals surface area contributed by atoms with Crippen molar-refractivity contribution in [2.45, 2.75) is 116 Å². The minimum atomic E-state index is -0.723. The molecule has 344 valence electrons. The molecule has 3 fully saturated rings. The first-order valence-corrected chi connectivity index (χ1v) is 24.1. The Morgan fingerprint density at radius 3 is 1.71 bits per heavy atom. The predicted octanol–water partition coefficient (Wildman–Crippen LogP) is 12.8. The molecule has 3 aliphatic heterocycles. The fourth-order valence-electron chi connectivity index (χ4n) is 7.87. The highest BCUT2D eigenvalue weighted by atomic mass is 79.9. The lowest BCUT2D eigenvalue weighted by atomic mass is 9.93. The molecule has 4 atom stereocenters. The molecule has 0 aliphatic carbocycles. The number of aldehydes is 1. The molecule has 4 aromatic carbocycles. The Morgan fingerprint density at radius 1 is 0.662 bits per heavy atom. The Hall–Kier alpha value is -3.85. The topological polar surface area (TPSA) is 118 Å². The van der Waals surface area contributed by atoms with E-state index in [1.165, 1.54) is 12.8 Å². The van der Waals surface area contributed by atoms with Crippen molar-refractivity contribution in [3.05, 3.63) is 151 Å². The van der Waals surface area contributed by atoms with Crippen molar-refractivity contribution in [1.82, 2.24) is 9.97 Å². The molecule has 6 aromatic rings. The number of aliphatic hydroxyl groups is 1. The van der Waals surface area contributed by atoms with E-state index < -0.39 is 6.10 Å². The van der Waals surface area contributed by atoms with Crippen molar-refractivity contribution in [1.29, 1.82) is 0 Å². The Bertz CT molecular complexity index is 2460. The number of aliphatic hydroxyl groups excluding tert-OH is 1. The quantitative estimate of drug-likeness (QED) is 0.112. The Kier molecular flexibility index (Phi) is 19.1. The third kappa shape index (κ3) is 14.8. The molecule has 0 radical (unpaired) electrons. The van der Waals surface area contributed by atoms with Crippen LogP contribution in [0.5, 0.6) is 0 Å². The van der Waals surface area contributed by atoms with Crippen LogP contribution in [-0.4, -0.2) is 60.1 Å².